The minimum atomic E-state index is 0.418. The Kier molecular flexibility index (Phi) is 6.25. The van der Waals surface area contributed by atoms with E-state index in [1.54, 1.807) is 13.3 Å². The van der Waals surface area contributed by atoms with Crippen molar-refractivity contribution in [2.24, 2.45) is 5.10 Å². The van der Waals surface area contributed by atoms with Crippen LogP contribution in [0.15, 0.2) is 57.4 Å². The molecule has 0 saturated heterocycles. The molecule has 1 heterocycles. The highest BCUT2D eigenvalue weighted by atomic mass is 79.9. The minimum Gasteiger partial charge on any atom is -0.493 e. The van der Waals surface area contributed by atoms with Crippen molar-refractivity contribution >= 4 is 38.6 Å². The van der Waals surface area contributed by atoms with Gasteiger partial charge in [0.2, 0.25) is 5.13 Å². The number of anilines is 1. The highest BCUT2D eigenvalue weighted by Crippen LogP contribution is 2.31. The Hall–Kier alpha value is -2.38. The molecule has 0 radical (unpaired) electrons. The molecule has 26 heavy (non-hydrogen) atoms. The molecule has 0 spiro atoms. The van der Waals surface area contributed by atoms with E-state index < -0.39 is 0 Å². The third-order valence-corrected chi connectivity index (χ3v) is 5.18. The van der Waals surface area contributed by atoms with Crippen molar-refractivity contribution in [3.05, 3.63) is 69.1 Å². The first-order valence-electron chi connectivity index (χ1n) is 7.92. The summed E-state index contributed by atoms with van der Waals surface area (Å²) in [5.41, 5.74) is 5.77. The highest BCUT2D eigenvalue weighted by Gasteiger charge is 2.10. The maximum Gasteiger partial charge on any atom is 0.203 e. The van der Waals surface area contributed by atoms with Gasteiger partial charge in [-0.25, -0.2) is 4.98 Å². The van der Waals surface area contributed by atoms with Crippen molar-refractivity contribution in [1.29, 1.82) is 0 Å². The molecule has 0 amide bonds. The number of nitrogens with zero attached hydrogens (tertiary/aromatic N) is 2. The Morgan fingerprint density at radius 3 is 2.81 bits per heavy atom. The number of nitrogens with one attached hydrogen (secondary N) is 1. The number of rotatable bonds is 7. The Morgan fingerprint density at radius 2 is 2.08 bits per heavy atom. The third kappa shape index (κ3) is 4.62. The third-order valence-electron chi connectivity index (χ3n) is 3.54. The summed E-state index contributed by atoms with van der Waals surface area (Å²) in [6.07, 6.45) is 1.70. The van der Waals surface area contributed by atoms with Crippen molar-refractivity contribution in [1.82, 2.24) is 4.98 Å². The predicted octanol–water partition coefficient (Wildman–Crippen LogP) is 5.25. The lowest BCUT2D eigenvalue weighted by Crippen LogP contribution is -2.02. The molecule has 7 heteroatoms. The quantitative estimate of drug-likeness (QED) is 0.410. The summed E-state index contributed by atoms with van der Waals surface area (Å²) >= 11 is 5.05. The second-order valence-corrected chi connectivity index (χ2v) is 7.14. The second-order valence-electron chi connectivity index (χ2n) is 5.42. The number of hydrogen-bond donors (Lipinski definition) is 1. The van der Waals surface area contributed by atoms with E-state index in [-0.39, 0.29) is 0 Å². The van der Waals surface area contributed by atoms with Crippen LogP contribution in [0.4, 0.5) is 5.13 Å². The van der Waals surface area contributed by atoms with Crippen molar-refractivity contribution < 1.29 is 9.47 Å². The summed E-state index contributed by atoms with van der Waals surface area (Å²) < 4.78 is 12.5. The monoisotopic (exact) mass is 431 g/mol. The number of ether oxygens (including phenoxy) is 2. The average molecular weight is 432 g/mol. The average Bonchev–Trinajstić information content (AvgIpc) is 3.06. The molecule has 0 atom stereocenters. The van der Waals surface area contributed by atoms with Crippen molar-refractivity contribution in [3.63, 3.8) is 0 Å². The van der Waals surface area contributed by atoms with Gasteiger partial charge in [0.25, 0.3) is 0 Å². The largest absolute Gasteiger partial charge is 0.493 e. The number of benzene rings is 2. The Bertz CT molecular complexity index is 911. The smallest absolute Gasteiger partial charge is 0.203 e. The lowest BCUT2D eigenvalue weighted by Gasteiger charge is -2.13. The summed E-state index contributed by atoms with van der Waals surface area (Å²) in [7, 11) is 1.62. The van der Waals surface area contributed by atoms with Crippen LogP contribution >= 0.6 is 27.3 Å². The molecule has 0 aliphatic rings. The number of halogens is 1. The lowest BCUT2D eigenvalue weighted by molar-refractivity contribution is 0.283. The zero-order chi connectivity index (χ0) is 18.4. The number of aryl methyl sites for hydroxylation is 1. The first kappa shape index (κ1) is 18.4. The molecule has 5 nitrogen and oxygen atoms in total. The van der Waals surface area contributed by atoms with Gasteiger partial charge in [0.15, 0.2) is 11.5 Å². The summed E-state index contributed by atoms with van der Waals surface area (Å²) in [6, 6.07) is 13.6. The fourth-order valence-corrected chi connectivity index (χ4v) is 3.31. The zero-order valence-corrected chi connectivity index (χ0v) is 16.8. The molecule has 0 fully saturated rings. The van der Waals surface area contributed by atoms with Gasteiger partial charge in [-0.2, -0.15) is 5.10 Å². The maximum absolute atomic E-state index is 6.05. The molecular weight excluding hydrogens is 414 g/mol. The van der Waals surface area contributed by atoms with Crippen LogP contribution in [0.2, 0.25) is 0 Å². The van der Waals surface area contributed by atoms with Crippen LogP contribution in [-0.4, -0.2) is 18.3 Å². The molecule has 0 aliphatic heterocycles. The van der Waals surface area contributed by atoms with Gasteiger partial charge in [-0.3, -0.25) is 5.43 Å². The first-order valence-corrected chi connectivity index (χ1v) is 9.59. The molecule has 134 valence electrons. The van der Waals surface area contributed by atoms with Gasteiger partial charge >= 0.3 is 0 Å². The summed E-state index contributed by atoms with van der Waals surface area (Å²) in [6.45, 7) is 2.36. The minimum absolute atomic E-state index is 0.418. The molecule has 0 aliphatic carbocycles. The second kappa shape index (κ2) is 8.82. The van der Waals surface area contributed by atoms with Crippen LogP contribution in [0.3, 0.4) is 0 Å². The molecule has 0 saturated carbocycles. The number of aromatic nitrogens is 1. The predicted molar refractivity (Wildman–Crippen MR) is 110 cm³/mol. The van der Waals surface area contributed by atoms with E-state index in [4.69, 9.17) is 9.47 Å². The zero-order valence-electron chi connectivity index (χ0n) is 14.4. The molecular formula is C19H18BrN3O2S. The standard InChI is InChI=1S/C19H18BrN3O2S/c1-13-12-26-19(22-13)23-21-10-14-7-5-9-17(24-2)18(14)25-11-15-6-3-4-8-16(15)20/h3-10,12H,11H2,1-2H3,(H,22,23). The van der Waals surface area contributed by atoms with E-state index >= 15 is 0 Å². The van der Waals surface area contributed by atoms with Gasteiger partial charge in [-0.15, -0.1) is 11.3 Å². The molecule has 3 aromatic rings. The van der Waals surface area contributed by atoms with E-state index in [2.05, 4.69) is 31.4 Å². The normalized spacial score (nSPS) is 10.9. The van der Waals surface area contributed by atoms with Gasteiger partial charge in [-0.05, 0) is 25.1 Å². The fraction of sp³-hybridized carbons (Fsp3) is 0.158. The van der Waals surface area contributed by atoms with E-state index in [1.807, 2.05) is 54.8 Å². The van der Waals surface area contributed by atoms with E-state index in [9.17, 15) is 0 Å². The van der Waals surface area contributed by atoms with E-state index in [0.29, 0.717) is 18.1 Å². The number of hydrogen-bond acceptors (Lipinski definition) is 6. The Balaban J connectivity index is 1.78. The van der Waals surface area contributed by atoms with E-state index in [0.717, 1.165) is 26.4 Å². The summed E-state index contributed by atoms with van der Waals surface area (Å²) in [4.78, 5) is 4.32. The first-order chi connectivity index (χ1) is 12.7. The fourth-order valence-electron chi connectivity index (χ4n) is 2.28. The Morgan fingerprint density at radius 1 is 1.23 bits per heavy atom. The van der Waals surface area contributed by atoms with Crippen molar-refractivity contribution in [3.8, 4) is 11.5 Å². The molecule has 0 bridgehead atoms. The molecule has 1 N–H and O–H groups in total. The van der Waals surface area contributed by atoms with Gasteiger partial charge in [0.05, 0.1) is 19.0 Å². The van der Waals surface area contributed by atoms with Crippen LogP contribution < -0.4 is 14.9 Å². The van der Waals surface area contributed by atoms with Crippen LogP contribution in [0.25, 0.3) is 0 Å². The van der Waals surface area contributed by atoms with Gasteiger partial charge in [0, 0.05) is 21.0 Å². The number of methoxy groups -OCH3 is 1. The SMILES string of the molecule is COc1cccc(C=NNc2nc(C)cs2)c1OCc1ccccc1Br. The van der Waals surface area contributed by atoms with Crippen molar-refractivity contribution in [2.75, 3.05) is 12.5 Å². The topological polar surface area (TPSA) is 55.7 Å². The molecule has 0 unspecified atom stereocenters. The Labute approximate surface area is 164 Å². The lowest BCUT2D eigenvalue weighted by atomic mass is 10.2. The van der Waals surface area contributed by atoms with Crippen LogP contribution in [0.1, 0.15) is 16.8 Å². The van der Waals surface area contributed by atoms with Crippen LogP contribution in [-0.2, 0) is 6.61 Å². The molecule has 3 rings (SSSR count). The number of hydrazone groups is 1. The van der Waals surface area contributed by atoms with E-state index in [1.165, 1.54) is 11.3 Å². The van der Waals surface area contributed by atoms with Crippen LogP contribution in [0.5, 0.6) is 11.5 Å². The number of para-hydroxylation sites is 1. The van der Waals surface area contributed by atoms with Gasteiger partial charge in [0.1, 0.15) is 6.61 Å². The van der Waals surface area contributed by atoms with Crippen molar-refractivity contribution in [2.45, 2.75) is 13.5 Å². The van der Waals surface area contributed by atoms with Crippen LogP contribution in [0, 0.1) is 6.92 Å². The number of thiazole rings is 1. The molecule has 1 aromatic heterocycles. The summed E-state index contributed by atoms with van der Waals surface area (Å²) in [5.74, 6) is 1.30. The van der Waals surface area contributed by atoms with Gasteiger partial charge in [-0.1, -0.05) is 40.2 Å². The summed E-state index contributed by atoms with van der Waals surface area (Å²) in [5, 5.41) is 6.98. The highest BCUT2D eigenvalue weighted by molar-refractivity contribution is 9.10. The molecule has 2 aromatic carbocycles. The van der Waals surface area contributed by atoms with Gasteiger partial charge < -0.3 is 9.47 Å². The maximum atomic E-state index is 6.05.